The minimum Gasteiger partial charge on any atom is -0.479 e. The Balaban J connectivity index is 2.22. The molecule has 0 radical (unpaired) electrons. The molecule has 0 saturated carbocycles. The van der Waals surface area contributed by atoms with Gasteiger partial charge in [-0.2, -0.15) is 0 Å². The first-order valence-electron chi connectivity index (χ1n) is 5.44. The highest BCUT2D eigenvalue weighted by atomic mass is 16.6. The molecule has 0 aliphatic carbocycles. The van der Waals surface area contributed by atoms with E-state index in [1.54, 1.807) is 6.92 Å². The third-order valence-corrected chi connectivity index (χ3v) is 2.57. The summed E-state index contributed by atoms with van der Waals surface area (Å²) >= 11 is 0. The van der Waals surface area contributed by atoms with Crippen LogP contribution in [0.15, 0.2) is 42.5 Å². The number of methoxy groups -OCH3 is 1. The summed E-state index contributed by atoms with van der Waals surface area (Å²) in [4.78, 5) is 11.2. The van der Waals surface area contributed by atoms with E-state index in [4.69, 9.17) is 4.74 Å². The highest BCUT2D eigenvalue weighted by Gasteiger charge is 2.14. The summed E-state index contributed by atoms with van der Waals surface area (Å²) in [5.74, 6) is 0.291. The summed E-state index contributed by atoms with van der Waals surface area (Å²) in [6, 6.07) is 13.7. The number of esters is 1. The minimum atomic E-state index is -0.596. The third kappa shape index (κ3) is 2.56. The molecule has 3 nitrogen and oxygen atoms in total. The van der Waals surface area contributed by atoms with E-state index in [0.29, 0.717) is 5.75 Å². The Morgan fingerprint density at radius 3 is 2.53 bits per heavy atom. The molecular weight excluding hydrogens is 216 g/mol. The summed E-state index contributed by atoms with van der Waals surface area (Å²) in [5.41, 5.74) is 0. The van der Waals surface area contributed by atoms with Crippen LogP contribution in [0.2, 0.25) is 0 Å². The van der Waals surface area contributed by atoms with Gasteiger partial charge in [0, 0.05) is 0 Å². The van der Waals surface area contributed by atoms with Gasteiger partial charge in [0.2, 0.25) is 0 Å². The fraction of sp³-hybridized carbons (Fsp3) is 0.214. The Bertz CT molecular complexity index is 534. The maximum absolute atomic E-state index is 11.2. The van der Waals surface area contributed by atoms with Gasteiger partial charge < -0.3 is 9.47 Å². The Morgan fingerprint density at radius 1 is 1.12 bits per heavy atom. The monoisotopic (exact) mass is 230 g/mol. The molecule has 0 fully saturated rings. The minimum absolute atomic E-state index is 0.377. The number of carbonyl (C=O) groups is 1. The van der Waals surface area contributed by atoms with E-state index >= 15 is 0 Å². The zero-order valence-corrected chi connectivity index (χ0v) is 9.84. The van der Waals surface area contributed by atoms with E-state index < -0.39 is 6.10 Å². The molecule has 0 amide bonds. The van der Waals surface area contributed by atoms with Crippen molar-refractivity contribution in [1.29, 1.82) is 0 Å². The number of rotatable bonds is 3. The van der Waals surface area contributed by atoms with E-state index in [9.17, 15) is 4.79 Å². The van der Waals surface area contributed by atoms with Gasteiger partial charge in [-0.1, -0.05) is 30.3 Å². The fourth-order valence-electron chi connectivity index (χ4n) is 1.66. The second kappa shape index (κ2) is 4.87. The van der Waals surface area contributed by atoms with Crippen LogP contribution in [0.25, 0.3) is 10.8 Å². The molecule has 2 rings (SSSR count). The molecule has 17 heavy (non-hydrogen) atoms. The molecule has 0 aliphatic rings. The summed E-state index contributed by atoms with van der Waals surface area (Å²) in [5, 5.41) is 2.23. The van der Waals surface area contributed by atoms with Crippen molar-refractivity contribution in [2.75, 3.05) is 7.11 Å². The number of hydrogen-bond acceptors (Lipinski definition) is 3. The molecule has 0 aliphatic heterocycles. The summed E-state index contributed by atoms with van der Waals surface area (Å²) < 4.78 is 10.1. The van der Waals surface area contributed by atoms with Crippen LogP contribution >= 0.6 is 0 Å². The predicted molar refractivity (Wildman–Crippen MR) is 66.1 cm³/mol. The zero-order valence-electron chi connectivity index (χ0n) is 9.84. The number of fused-ring (bicyclic) bond motifs is 1. The van der Waals surface area contributed by atoms with Crippen LogP contribution in [0.1, 0.15) is 6.92 Å². The first-order valence-corrected chi connectivity index (χ1v) is 5.44. The highest BCUT2D eigenvalue weighted by Crippen LogP contribution is 2.21. The van der Waals surface area contributed by atoms with Crippen molar-refractivity contribution in [1.82, 2.24) is 0 Å². The van der Waals surface area contributed by atoms with Crippen LogP contribution in [0.4, 0.5) is 0 Å². The SMILES string of the molecule is COC(=O)C(C)Oc1ccc2ccccc2c1. The number of ether oxygens (including phenoxy) is 2. The van der Waals surface area contributed by atoms with Crippen molar-refractivity contribution < 1.29 is 14.3 Å². The predicted octanol–water partition coefficient (Wildman–Crippen LogP) is 2.78. The van der Waals surface area contributed by atoms with Gasteiger partial charge in [0.1, 0.15) is 5.75 Å². The van der Waals surface area contributed by atoms with Crippen LogP contribution < -0.4 is 4.74 Å². The Morgan fingerprint density at radius 2 is 1.82 bits per heavy atom. The van der Waals surface area contributed by atoms with Crippen LogP contribution in [0, 0.1) is 0 Å². The summed E-state index contributed by atoms with van der Waals surface area (Å²) in [6.07, 6.45) is -0.596. The standard InChI is InChI=1S/C14H14O3/c1-10(14(15)16-2)17-13-8-7-11-5-3-4-6-12(11)9-13/h3-10H,1-2H3. The van der Waals surface area contributed by atoms with Crippen molar-refractivity contribution in [3.05, 3.63) is 42.5 Å². The molecule has 1 unspecified atom stereocenters. The van der Waals surface area contributed by atoms with Gasteiger partial charge in [-0.05, 0) is 29.8 Å². The molecule has 2 aromatic rings. The molecule has 0 N–H and O–H groups in total. The second-order valence-corrected chi connectivity index (χ2v) is 3.79. The van der Waals surface area contributed by atoms with Gasteiger partial charge in [0.15, 0.2) is 6.10 Å². The van der Waals surface area contributed by atoms with E-state index in [0.717, 1.165) is 10.8 Å². The maximum atomic E-state index is 11.2. The van der Waals surface area contributed by atoms with Gasteiger partial charge in [-0.15, -0.1) is 0 Å². The molecule has 0 saturated heterocycles. The number of hydrogen-bond donors (Lipinski definition) is 0. The maximum Gasteiger partial charge on any atom is 0.346 e. The van der Waals surface area contributed by atoms with Crippen molar-refractivity contribution >= 4 is 16.7 Å². The fourth-order valence-corrected chi connectivity index (χ4v) is 1.66. The van der Waals surface area contributed by atoms with Gasteiger partial charge >= 0.3 is 5.97 Å². The Hall–Kier alpha value is -2.03. The summed E-state index contributed by atoms with van der Waals surface area (Å²) in [7, 11) is 1.35. The van der Waals surface area contributed by atoms with Crippen molar-refractivity contribution in [3.8, 4) is 5.75 Å². The third-order valence-electron chi connectivity index (χ3n) is 2.57. The van der Waals surface area contributed by atoms with E-state index in [2.05, 4.69) is 4.74 Å². The van der Waals surface area contributed by atoms with Crippen molar-refractivity contribution in [2.24, 2.45) is 0 Å². The van der Waals surface area contributed by atoms with Gasteiger partial charge in [-0.25, -0.2) is 4.79 Å². The Labute approximate surface area is 100.0 Å². The molecule has 0 heterocycles. The van der Waals surface area contributed by atoms with Crippen LogP contribution in [0.5, 0.6) is 5.75 Å². The van der Waals surface area contributed by atoms with Crippen molar-refractivity contribution in [3.63, 3.8) is 0 Å². The van der Waals surface area contributed by atoms with Crippen molar-refractivity contribution in [2.45, 2.75) is 13.0 Å². The molecular formula is C14H14O3. The molecule has 0 aromatic heterocycles. The number of benzene rings is 2. The molecule has 88 valence electrons. The zero-order chi connectivity index (χ0) is 12.3. The molecule has 0 spiro atoms. The van der Waals surface area contributed by atoms with E-state index in [1.165, 1.54) is 7.11 Å². The molecule has 1 atom stereocenters. The second-order valence-electron chi connectivity index (χ2n) is 3.79. The first kappa shape index (κ1) is 11.5. The molecule has 3 heteroatoms. The average molecular weight is 230 g/mol. The lowest BCUT2D eigenvalue weighted by molar-refractivity contribution is -0.147. The lowest BCUT2D eigenvalue weighted by Gasteiger charge is -2.12. The lowest BCUT2D eigenvalue weighted by atomic mass is 10.1. The first-order chi connectivity index (χ1) is 8.20. The highest BCUT2D eigenvalue weighted by molar-refractivity contribution is 5.84. The van der Waals surface area contributed by atoms with E-state index in [1.807, 2.05) is 42.5 Å². The molecule has 0 bridgehead atoms. The van der Waals surface area contributed by atoms with Crippen LogP contribution in [0.3, 0.4) is 0 Å². The van der Waals surface area contributed by atoms with Crippen LogP contribution in [-0.2, 0) is 9.53 Å². The van der Waals surface area contributed by atoms with Gasteiger partial charge in [0.25, 0.3) is 0 Å². The smallest absolute Gasteiger partial charge is 0.346 e. The average Bonchev–Trinajstić information content (AvgIpc) is 2.37. The van der Waals surface area contributed by atoms with Gasteiger partial charge in [-0.3, -0.25) is 0 Å². The molecule has 2 aromatic carbocycles. The Kier molecular flexibility index (Phi) is 3.28. The normalized spacial score (nSPS) is 12.1. The summed E-state index contributed by atoms with van der Waals surface area (Å²) in [6.45, 7) is 1.67. The number of carbonyl (C=O) groups excluding carboxylic acids is 1. The van der Waals surface area contributed by atoms with Gasteiger partial charge in [0.05, 0.1) is 7.11 Å². The van der Waals surface area contributed by atoms with E-state index in [-0.39, 0.29) is 5.97 Å². The largest absolute Gasteiger partial charge is 0.479 e. The lowest BCUT2D eigenvalue weighted by Crippen LogP contribution is -2.24. The quantitative estimate of drug-likeness (QED) is 0.760. The van der Waals surface area contributed by atoms with Crippen LogP contribution in [-0.4, -0.2) is 19.2 Å². The topological polar surface area (TPSA) is 35.5 Å².